The second-order valence-electron chi connectivity index (χ2n) is 7.27. The first kappa shape index (κ1) is 19.8. The number of nitrogens with zero attached hydrogens (tertiary/aromatic N) is 2. The van der Waals surface area contributed by atoms with Gasteiger partial charge in [-0.3, -0.25) is 9.69 Å². The number of hydrogen-bond donors (Lipinski definition) is 0. The maximum absolute atomic E-state index is 13.6. The van der Waals surface area contributed by atoms with E-state index in [0.29, 0.717) is 47.0 Å². The van der Waals surface area contributed by atoms with Gasteiger partial charge in [-0.05, 0) is 42.3 Å². The molecule has 0 saturated carbocycles. The van der Waals surface area contributed by atoms with Crippen LogP contribution in [0.2, 0.25) is 5.02 Å². The minimum Gasteiger partial charge on any atom is -0.486 e. The summed E-state index contributed by atoms with van der Waals surface area (Å²) in [5.41, 5.74) is 3.37. The number of aromatic nitrogens is 1. The molecule has 1 aliphatic heterocycles. The summed E-state index contributed by atoms with van der Waals surface area (Å²) < 4.78 is 12.1. The number of fused-ring (bicyclic) bond motifs is 2. The van der Waals surface area contributed by atoms with Crippen LogP contribution in [-0.2, 0) is 6.54 Å². The van der Waals surface area contributed by atoms with Gasteiger partial charge in [0.2, 0.25) is 0 Å². The molecule has 31 heavy (non-hydrogen) atoms. The van der Waals surface area contributed by atoms with E-state index in [1.807, 2.05) is 49.4 Å². The zero-order valence-corrected chi connectivity index (χ0v) is 18.4. The van der Waals surface area contributed by atoms with Crippen molar-refractivity contribution in [1.29, 1.82) is 0 Å². The Kier molecular flexibility index (Phi) is 5.26. The van der Waals surface area contributed by atoms with Crippen molar-refractivity contribution in [3.63, 3.8) is 0 Å². The Hall–Kier alpha value is -3.09. The molecule has 0 atom stereocenters. The second kappa shape index (κ2) is 8.21. The van der Waals surface area contributed by atoms with E-state index in [-0.39, 0.29) is 5.91 Å². The molecule has 5 nitrogen and oxygen atoms in total. The van der Waals surface area contributed by atoms with Crippen LogP contribution in [0, 0.1) is 6.92 Å². The zero-order valence-electron chi connectivity index (χ0n) is 16.8. The predicted octanol–water partition coefficient (Wildman–Crippen LogP) is 5.88. The van der Waals surface area contributed by atoms with Crippen LogP contribution >= 0.6 is 22.9 Å². The fourth-order valence-corrected chi connectivity index (χ4v) is 4.84. The number of amides is 1. The first-order chi connectivity index (χ1) is 15.1. The lowest BCUT2D eigenvalue weighted by atomic mass is 10.1. The van der Waals surface area contributed by atoms with Crippen LogP contribution in [-0.4, -0.2) is 24.1 Å². The lowest BCUT2D eigenvalue weighted by Gasteiger charge is -2.22. The molecule has 0 fully saturated rings. The Balaban J connectivity index is 1.58. The summed E-state index contributed by atoms with van der Waals surface area (Å²) in [6.45, 7) is 3.36. The molecule has 0 unspecified atom stereocenters. The van der Waals surface area contributed by atoms with E-state index >= 15 is 0 Å². The van der Waals surface area contributed by atoms with Crippen molar-refractivity contribution < 1.29 is 14.3 Å². The van der Waals surface area contributed by atoms with Gasteiger partial charge in [0.25, 0.3) is 5.91 Å². The third-order valence-electron chi connectivity index (χ3n) is 5.13. The number of hydrogen-bond acceptors (Lipinski definition) is 5. The molecule has 1 aliphatic rings. The molecule has 7 heteroatoms. The smallest absolute Gasteiger partial charge is 0.260 e. The Bertz CT molecular complexity index is 1230. The van der Waals surface area contributed by atoms with Gasteiger partial charge in [0.1, 0.15) is 13.2 Å². The topological polar surface area (TPSA) is 51.7 Å². The van der Waals surface area contributed by atoms with Crippen molar-refractivity contribution in [1.82, 2.24) is 4.98 Å². The molecule has 0 bridgehead atoms. The molecule has 2 heterocycles. The highest BCUT2D eigenvalue weighted by Gasteiger charge is 2.24. The van der Waals surface area contributed by atoms with E-state index in [1.54, 1.807) is 23.1 Å². The minimum absolute atomic E-state index is 0.159. The first-order valence-corrected chi connectivity index (χ1v) is 11.1. The molecule has 0 saturated heterocycles. The van der Waals surface area contributed by atoms with E-state index in [1.165, 1.54) is 11.3 Å². The van der Waals surface area contributed by atoms with Crippen molar-refractivity contribution in [2.45, 2.75) is 13.5 Å². The van der Waals surface area contributed by atoms with Crippen molar-refractivity contribution in [2.75, 3.05) is 18.1 Å². The summed E-state index contributed by atoms with van der Waals surface area (Å²) in [4.78, 5) is 20.1. The SMILES string of the molecule is Cc1ccc(Cl)c2sc(N(Cc3ccccc3)C(=O)c3ccc4c(c3)OCCO4)nc12. The van der Waals surface area contributed by atoms with Crippen molar-refractivity contribution in [2.24, 2.45) is 0 Å². The molecule has 1 amide bonds. The van der Waals surface area contributed by atoms with Gasteiger partial charge in [-0.2, -0.15) is 0 Å². The number of aryl methyl sites for hydroxylation is 1. The van der Waals surface area contributed by atoms with Gasteiger partial charge in [0, 0.05) is 5.56 Å². The quantitative estimate of drug-likeness (QED) is 0.390. The third kappa shape index (κ3) is 3.84. The highest BCUT2D eigenvalue weighted by atomic mass is 35.5. The van der Waals surface area contributed by atoms with E-state index in [4.69, 9.17) is 26.1 Å². The normalized spacial score (nSPS) is 12.7. The Labute approximate surface area is 188 Å². The summed E-state index contributed by atoms with van der Waals surface area (Å²) >= 11 is 7.84. The van der Waals surface area contributed by atoms with Crippen molar-refractivity contribution in [3.05, 3.63) is 82.4 Å². The van der Waals surface area contributed by atoms with Gasteiger partial charge in [-0.25, -0.2) is 4.98 Å². The number of carbonyl (C=O) groups excluding carboxylic acids is 1. The van der Waals surface area contributed by atoms with Gasteiger partial charge in [0.05, 0.1) is 21.8 Å². The Morgan fingerprint density at radius 2 is 1.84 bits per heavy atom. The monoisotopic (exact) mass is 450 g/mol. The average Bonchev–Trinajstić information content (AvgIpc) is 3.26. The van der Waals surface area contributed by atoms with Crippen molar-refractivity contribution in [3.8, 4) is 11.5 Å². The van der Waals surface area contributed by atoms with Crippen LogP contribution < -0.4 is 14.4 Å². The third-order valence-corrected chi connectivity index (χ3v) is 6.67. The lowest BCUT2D eigenvalue weighted by molar-refractivity contribution is 0.0984. The highest BCUT2D eigenvalue weighted by Crippen LogP contribution is 2.37. The fraction of sp³-hybridized carbons (Fsp3) is 0.167. The molecule has 5 rings (SSSR count). The Morgan fingerprint density at radius 1 is 1.06 bits per heavy atom. The number of ether oxygens (including phenoxy) is 2. The van der Waals surface area contributed by atoms with Crippen LogP contribution in [0.15, 0.2) is 60.7 Å². The average molecular weight is 451 g/mol. The van der Waals surface area contributed by atoms with Crippen LogP contribution in [0.4, 0.5) is 5.13 Å². The van der Waals surface area contributed by atoms with Crippen LogP contribution in [0.1, 0.15) is 21.5 Å². The molecule has 4 aromatic rings. The minimum atomic E-state index is -0.159. The molecule has 0 N–H and O–H groups in total. The van der Waals surface area contributed by atoms with Gasteiger partial charge < -0.3 is 9.47 Å². The summed E-state index contributed by atoms with van der Waals surface area (Å²) in [5, 5.41) is 1.24. The van der Waals surface area contributed by atoms with E-state index in [2.05, 4.69) is 0 Å². The number of benzene rings is 3. The van der Waals surface area contributed by atoms with Crippen LogP contribution in [0.3, 0.4) is 0 Å². The number of carbonyl (C=O) groups is 1. The summed E-state index contributed by atoms with van der Waals surface area (Å²) in [7, 11) is 0. The molecular formula is C24H19ClN2O3S. The summed E-state index contributed by atoms with van der Waals surface area (Å²) in [5.74, 6) is 1.08. The molecule has 0 radical (unpaired) electrons. The van der Waals surface area contributed by atoms with E-state index < -0.39 is 0 Å². The first-order valence-electron chi connectivity index (χ1n) is 9.91. The van der Waals surface area contributed by atoms with Gasteiger partial charge >= 0.3 is 0 Å². The second-order valence-corrected chi connectivity index (χ2v) is 8.66. The number of anilines is 1. The maximum Gasteiger partial charge on any atom is 0.260 e. The number of halogens is 1. The Morgan fingerprint density at radius 3 is 2.61 bits per heavy atom. The summed E-state index contributed by atoms with van der Waals surface area (Å²) in [6.07, 6.45) is 0. The largest absolute Gasteiger partial charge is 0.486 e. The molecule has 1 aromatic heterocycles. The fourth-order valence-electron chi connectivity index (χ4n) is 3.53. The van der Waals surface area contributed by atoms with Gasteiger partial charge in [0.15, 0.2) is 16.6 Å². The van der Waals surface area contributed by atoms with E-state index in [9.17, 15) is 4.79 Å². The predicted molar refractivity (Wildman–Crippen MR) is 124 cm³/mol. The van der Waals surface area contributed by atoms with Crippen molar-refractivity contribution >= 4 is 44.2 Å². The molecule has 0 aliphatic carbocycles. The molecular weight excluding hydrogens is 432 g/mol. The standard InChI is InChI=1S/C24H19ClN2O3S/c1-15-7-9-18(25)22-21(15)26-24(31-22)27(14-16-5-3-2-4-6-16)23(28)17-8-10-19-20(13-17)30-12-11-29-19/h2-10,13H,11-12,14H2,1H3. The van der Waals surface area contributed by atoms with E-state index in [0.717, 1.165) is 21.3 Å². The maximum atomic E-state index is 13.6. The van der Waals surface area contributed by atoms with Gasteiger partial charge in [-0.15, -0.1) is 0 Å². The van der Waals surface area contributed by atoms with Crippen LogP contribution in [0.25, 0.3) is 10.2 Å². The molecule has 0 spiro atoms. The van der Waals surface area contributed by atoms with Crippen LogP contribution in [0.5, 0.6) is 11.5 Å². The lowest BCUT2D eigenvalue weighted by Crippen LogP contribution is -2.30. The van der Waals surface area contributed by atoms with Gasteiger partial charge in [-0.1, -0.05) is 59.3 Å². The molecule has 3 aromatic carbocycles. The highest BCUT2D eigenvalue weighted by molar-refractivity contribution is 7.23. The number of thiazole rings is 1. The summed E-state index contributed by atoms with van der Waals surface area (Å²) in [6, 6.07) is 19.0. The zero-order chi connectivity index (χ0) is 21.4. The molecule has 156 valence electrons. The number of rotatable bonds is 4.